The molecule has 2 aliphatic rings. The number of para-hydroxylation sites is 1. The molecule has 0 saturated carbocycles. The second kappa shape index (κ2) is 5.83. The predicted octanol–water partition coefficient (Wildman–Crippen LogP) is 2.32. The maximum atomic E-state index is 13.1. The fraction of sp³-hybridized carbons (Fsp3) is 0.222. The number of benzene rings is 2. The number of carbonyl (C=O) groups is 2. The van der Waals surface area contributed by atoms with Gasteiger partial charge in [0.05, 0.1) is 18.1 Å². The minimum atomic E-state index is -1.12. The van der Waals surface area contributed by atoms with Crippen LogP contribution in [-0.4, -0.2) is 28.4 Å². The fourth-order valence-corrected chi connectivity index (χ4v) is 3.42. The zero-order chi connectivity index (χ0) is 18.3. The monoisotopic (exact) mass is 353 g/mol. The van der Waals surface area contributed by atoms with Crippen LogP contribution in [0.5, 0.6) is 5.75 Å². The number of imide groups is 1. The molecule has 0 bridgehead atoms. The highest BCUT2D eigenvalue weighted by Gasteiger charge is 2.54. The number of nitro groups is 1. The Morgan fingerprint density at radius 2 is 1.88 bits per heavy atom. The van der Waals surface area contributed by atoms with Crippen LogP contribution in [0.15, 0.2) is 48.5 Å². The van der Waals surface area contributed by atoms with Crippen LogP contribution in [0, 0.1) is 10.1 Å². The molecule has 0 aromatic heterocycles. The number of fused-ring (bicyclic) bond motifs is 2. The van der Waals surface area contributed by atoms with Crippen molar-refractivity contribution < 1.29 is 19.2 Å². The van der Waals surface area contributed by atoms with E-state index in [0.29, 0.717) is 29.9 Å². The molecule has 2 aliphatic heterocycles. The van der Waals surface area contributed by atoms with Gasteiger partial charge in [-0.3, -0.25) is 19.8 Å². The van der Waals surface area contributed by atoms with Crippen LogP contribution < -0.4 is 10.1 Å². The van der Waals surface area contributed by atoms with Gasteiger partial charge in [-0.05, 0) is 11.6 Å². The summed E-state index contributed by atoms with van der Waals surface area (Å²) in [5, 5.41) is 13.6. The largest absolute Gasteiger partial charge is 0.493 e. The standard InChI is InChI=1S/C18H15N3O5/c22-16-18(9-10-26-15-4-2-1-3-14(15)18)19-17(23)20(16)11-12-5-7-13(8-6-12)21(24)25/h1-8H,9-11H2,(H,19,23). The van der Waals surface area contributed by atoms with E-state index in [1.54, 1.807) is 30.3 Å². The van der Waals surface area contributed by atoms with Gasteiger partial charge in [-0.25, -0.2) is 4.79 Å². The van der Waals surface area contributed by atoms with Gasteiger partial charge in [0.15, 0.2) is 5.54 Å². The number of non-ortho nitro benzene ring substituents is 1. The maximum Gasteiger partial charge on any atom is 0.325 e. The Labute approximate surface area is 148 Å². The summed E-state index contributed by atoms with van der Waals surface area (Å²) in [7, 11) is 0. The Kier molecular flexibility index (Phi) is 3.61. The van der Waals surface area contributed by atoms with E-state index in [0.717, 1.165) is 4.90 Å². The summed E-state index contributed by atoms with van der Waals surface area (Å²) in [6.45, 7) is 0.377. The van der Waals surface area contributed by atoms with Crippen LogP contribution >= 0.6 is 0 Å². The summed E-state index contributed by atoms with van der Waals surface area (Å²) in [4.78, 5) is 37.0. The van der Waals surface area contributed by atoms with Crippen molar-refractivity contribution in [3.8, 4) is 5.75 Å². The first kappa shape index (κ1) is 16.1. The molecule has 1 fully saturated rings. The Balaban J connectivity index is 1.63. The summed E-state index contributed by atoms with van der Waals surface area (Å²) in [5.74, 6) is 0.251. The van der Waals surface area contributed by atoms with Crippen LogP contribution in [0.2, 0.25) is 0 Å². The van der Waals surface area contributed by atoms with Gasteiger partial charge in [0.25, 0.3) is 11.6 Å². The van der Waals surface area contributed by atoms with Crippen molar-refractivity contribution in [3.63, 3.8) is 0 Å². The van der Waals surface area contributed by atoms with Crippen LogP contribution in [-0.2, 0) is 16.9 Å². The van der Waals surface area contributed by atoms with Gasteiger partial charge in [-0.1, -0.05) is 30.3 Å². The number of urea groups is 1. The van der Waals surface area contributed by atoms with Crippen LogP contribution in [0.3, 0.4) is 0 Å². The van der Waals surface area contributed by atoms with E-state index < -0.39 is 16.5 Å². The molecule has 2 aromatic carbocycles. The van der Waals surface area contributed by atoms with Crippen molar-refractivity contribution in [1.29, 1.82) is 0 Å². The number of ether oxygens (including phenoxy) is 1. The molecule has 1 N–H and O–H groups in total. The van der Waals surface area contributed by atoms with E-state index in [2.05, 4.69) is 5.32 Å². The molecule has 2 aromatic rings. The summed E-state index contributed by atoms with van der Waals surface area (Å²) < 4.78 is 5.60. The molecular formula is C18H15N3O5. The molecule has 1 atom stereocenters. The average molecular weight is 353 g/mol. The molecule has 1 unspecified atom stereocenters. The third kappa shape index (κ3) is 2.38. The Morgan fingerprint density at radius 3 is 2.62 bits per heavy atom. The minimum absolute atomic E-state index is 0.0409. The highest BCUT2D eigenvalue weighted by molar-refractivity contribution is 6.07. The first-order chi connectivity index (χ1) is 12.5. The number of nitrogens with zero attached hydrogens (tertiary/aromatic N) is 2. The van der Waals surface area contributed by atoms with Gasteiger partial charge in [-0.2, -0.15) is 0 Å². The average Bonchev–Trinajstić information content (AvgIpc) is 2.87. The summed E-state index contributed by atoms with van der Waals surface area (Å²) in [6.07, 6.45) is 0.353. The zero-order valence-corrected chi connectivity index (χ0v) is 13.7. The van der Waals surface area contributed by atoms with Crippen molar-refractivity contribution >= 4 is 17.6 Å². The van der Waals surface area contributed by atoms with Gasteiger partial charge in [-0.15, -0.1) is 0 Å². The molecule has 3 amide bonds. The first-order valence-corrected chi connectivity index (χ1v) is 8.11. The van der Waals surface area contributed by atoms with Crippen LogP contribution in [0.4, 0.5) is 10.5 Å². The number of rotatable bonds is 3. The van der Waals surface area contributed by atoms with Crippen molar-refractivity contribution in [2.24, 2.45) is 0 Å². The number of amides is 3. The molecule has 4 rings (SSSR count). The zero-order valence-electron chi connectivity index (χ0n) is 13.7. The summed E-state index contributed by atoms with van der Waals surface area (Å²) >= 11 is 0. The lowest BCUT2D eigenvalue weighted by atomic mass is 9.84. The second-order valence-electron chi connectivity index (χ2n) is 6.24. The fourth-order valence-electron chi connectivity index (χ4n) is 3.42. The minimum Gasteiger partial charge on any atom is -0.493 e. The molecule has 1 saturated heterocycles. The Bertz CT molecular complexity index is 911. The van der Waals surface area contributed by atoms with Crippen molar-refractivity contribution in [2.45, 2.75) is 18.5 Å². The van der Waals surface area contributed by atoms with E-state index in [1.807, 2.05) is 6.07 Å². The van der Waals surface area contributed by atoms with Gasteiger partial charge in [0, 0.05) is 24.1 Å². The molecule has 8 heteroatoms. The normalized spacial score (nSPS) is 21.3. The van der Waals surface area contributed by atoms with Gasteiger partial charge >= 0.3 is 6.03 Å². The first-order valence-electron chi connectivity index (χ1n) is 8.11. The van der Waals surface area contributed by atoms with Crippen molar-refractivity contribution in [1.82, 2.24) is 10.2 Å². The van der Waals surface area contributed by atoms with Crippen molar-refractivity contribution in [3.05, 3.63) is 69.8 Å². The third-order valence-corrected chi connectivity index (χ3v) is 4.75. The predicted molar refractivity (Wildman–Crippen MR) is 90.4 cm³/mol. The molecular weight excluding hydrogens is 338 g/mol. The molecule has 8 nitrogen and oxygen atoms in total. The highest BCUT2D eigenvalue weighted by atomic mass is 16.6. The summed E-state index contributed by atoms with van der Waals surface area (Å²) in [5.41, 5.74) is 0.125. The van der Waals surface area contributed by atoms with Crippen molar-refractivity contribution in [2.75, 3.05) is 6.61 Å². The molecule has 0 aliphatic carbocycles. The maximum absolute atomic E-state index is 13.1. The SMILES string of the molecule is O=C1NC2(CCOc3ccccc32)C(=O)N1Cc1ccc([N+](=O)[O-])cc1. The second-order valence-corrected chi connectivity index (χ2v) is 6.24. The van der Waals surface area contributed by atoms with E-state index >= 15 is 0 Å². The van der Waals surface area contributed by atoms with E-state index in [9.17, 15) is 19.7 Å². The molecule has 2 heterocycles. The van der Waals surface area contributed by atoms with Gasteiger partial charge < -0.3 is 10.1 Å². The third-order valence-electron chi connectivity index (χ3n) is 4.75. The molecule has 26 heavy (non-hydrogen) atoms. The van der Waals surface area contributed by atoms with E-state index in [4.69, 9.17) is 4.74 Å². The van der Waals surface area contributed by atoms with Crippen LogP contribution in [0.25, 0.3) is 0 Å². The molecule has 132 valence electrons. The number of nitrogens with one attached hydrogen (secondary N) is 1. The number of carbonyl (C=O) groups excluding carboxylic acids is 2. The van der Waals surface area contributed by atoms with Gasteiger partial charge in [0.1, 0.15) is 5.75 Å². The highest BCUT2D eigenvalue weighted by Crippen LogP contribution is 2.41. The number of hydrogen-bond acceptors (Lipinski definition) is 5. The lowest BCUT2D eigenvalue weighted by molar-refractivity contribution is -0.384. The number of hydrogen-bond donors (Lipinski definition) is 1. The number of nitro benzene ring substituents is 1. The Morgan fingerprint density at radius 1 is 1.15 bits per heavy atom. The molecule has 0 radical (unpaired) electrons. The Hall–Kier alpha value is -3.42. The van der Waals surface area contributed by atoms with Gasteiger partial charge in [0.2, 0.25) is 0 Å². The lowest BCUT2D eigenvalue weighted by Gasteiger charge is -2.33. The lowest BCUT2D eigenvalue weighted by Crippen LogP contribution is -2.47. The topological polar surface area (TPSA) is 102 Å². The smallest absolute Gasteiger partial charge is 0.325 e. The van der Waals surface area contributed by atoms with E-state index in [1.165, 1.54) is 12.1 Å². The summed E-state index contributed by atoms with van der Waals surface area (Å²) in [6, 6.07) is 12.5. The molecule has 1 spiro atoms. The quantitative estimate of drug-likeness (QED) is 0.518. The van der Waals surface area contributed by atoms with Crippen LogP contribution in [0.1, 0.15) is 17.5 Å². The van der Waals surface area contributed by atoms with E-state index in [-0.39, 0.29) is 18.1 Å².